The Hall–Kier alpha value is -0.550. The SMILES string of the molecule is C[C@]1(c2cc(Br)ccc2F)CC2(CCC2)SC(N)=N1. The Labute approximate surface area is 125 Å². The minimum Gasteiger partial charge on any atom is -0.378 e. The van der Waals surface area contributed by atoms with Gasteiger partial charge in [0, 0.05) is 14.8 Å². The summed E-state index contributed by atoms with van der Waals surface area (Å²) < 4.78 is 15.2. The monoisotopic (exact) mass is 342 g/mol. The Morgan fingerprint density at radius 1 is 1.42 bits per heavy atom. The first-order valence-electron chi connectivity index (χ1n) is 6.42. The molecule has 1 fully saturated rings. The number of hydrogen-bond donors (Lipinski definition) is 1. The van der Waals surface area contributed by atoms with Crippen LogP contribution in [0.2, 0.25) is 0 Å². The van der Waals surface area contributed by atoms with Crippen molar-refractivity contribution < 1.29 is 4.39 Å². The zero-order valence-corrected chi connectivity index (χ0v) is 13.2. The molecule has 2 aliphatic rings. The lowest BCUT2D eigenvalue weighted by atomic mass is 9.73. The summed E-state index contributed by atoms with van der Waals surface area (Å²) >= 11 is 5.09. The Bertz CT molecular complexity index is 556. The van der Waals surface area contributed by atoms with Gasteiger partial charge in [-0.1, -0.05) is 34.1 Å². The molecular weight excluding hydrogens is 327 g/mol. The highest BCUT2D eigenvalue weighted by Gasteiger charge is 2.48. The number of thioether (sulfide) groups is 1. The van der Waals surface area contributed by atoms with Gasteiger partial charge in [0.1, 0.15) is 5.82 Å². The highest BCUT2D eigenvalue weighted by molar-refractivity contribution is 9.10. The van der Waals surface area contributed by atoms with Crippen LogP contribution in [0.15, 0.2) is 27.7 Å². The van der Waals surface area contributed by atoms with E-state index in [9.17, 15) is 4.39 Å². The van der Waals surface area contributed by atoms with Crippen molar-refractivity contribution in [3.05, 3.63) is 34.1 Å². The number of hydrogen-bond acceptors (Lipinski definition) is 3. The fraction of sp³-hybridized carbons (Fsp3) is 0.500. The molecular formula is C14H16BrFN2S. The average molecular weight is 343 g/mol. The van der Waals surface area contributed by atoms with Gasteiger partial charge in [-0.05, 0) is 44.4 Å². The summed E-state index contributed by atoms with van der Waals surface area (Å²) in [6, 6.07) is 5.03. The molecule has 0 aromatic heterocycles. The third-order valence-electron chi connectivity index (χ3n) is 4.12. The van der Waals surface area contributed by atoms with E-state index in [-0.39, 0.29) is 10.6 Å². The van der Waals surface area contributed by atoms with Crippen LogP contribution in [-0.4, -0.2) is 9.91 Å². The highest BCUT2D eigenvalue weighted by Crippen LogP contribution is 2.55. The van der Waals surface area contributed by atoms with Gasteiger partial charge in [0.15, 0.2) is 5.17 Å². The van der Waals surface area contributed by atoms with Crippen LogP contribution >= 0.6 is 27.7 Å². The summed E-state index contributed by atoms with van der Waals surface area (Å²) in [5.74, 6) is -0.205. The minimum absolute atomic E-state index is 0.176. The molecule has 2 nitrogen and oxygen atoms in total. The minimum atomic E-state index is -0.552. The molecule has 5 heteroatoms. The van der Waals surface area contributed by atoms with Gasteiger partial charge in [0.05, 0.1) is 5.54 Å². The topological polar surface area (TPSA) is 38.4 Å². The summed E-state index contributed by atoms with van der Waals surface area (Å²) in [5, 5.41) is 0.591. The van der Waals surface area contributed by atoms with Crippen LogP contribution in [0.25, 0.3) is 0 Å². The Kier molecular flexibility index (Phi) is 3.17. The zero-order valence-electron chi connectivity index (χ0n) is 10.7. The van der Waals surface area contributed by atoms with Crippen molar-refractivity contribution >= 4 is 32.9 Å². The molecule has 0 radical (unpaired) electrons. The lowest BCUT2D eigenvalue weighted by molar-refractivity contribution is 0.267. The predicted molar refractivity (Wildman–Crippen MR) is 81.9 cm³/mol. The van der Waals surface area contributed by atoms with Crippen LogP contribution in [0, 0.1) is 5.82 Å². The predicted octanol–water partition coefficient (Wildman–Crippen LogP) is 4.18. The quantitative estimate of drug-likeness (QED) is 0.831. The Balaban J connectivity index is 2.06. The van der Waals surface area contributed by atoms with Crippen LogP contribution < -0.4 is 5.73 Å². The van der Waals surface area contributed by atoms with Gasteiger partial charge in [-0.15, -0.1) is 0 Å². The number of aliphatic imine (C=N–C) groups is 1. The lowest BCUT2D eigenvalue weighted by Crippen LogP contribution is -2.46. The van der Waals surface area contributed by atoms with E-state index in [0.29, 0.717) is 10.7 Å². The average Bonchev–Trinajstić information content (AvgIpc) is 2.29. The maximum Gasteiger partial charge on any atom is 0.155 e. The van der Waals surface area contributed by atoms with E-state index in [1.807, 2.05) is 13.0 Å². The number of rotatable bonds is 1. The van der Waals surface area contributed by atoms with Crippen molar-refractivity contribution in [2.24, 2.45) is 10.7 Å². The molecule has 1 aromatic rings. The van der Waals surface area contributed by atoms with Gasteiger partial charge in [-0.2, -0.15) is 0 Å². The van der Waals surface area contributed by atoms with E-state index in [2.05, 4.69) is 20.9 Å². The van der Waals surface area contributed by atoms with Crippen LogP contribution in [0.4, 0.5) is 4.39 Å². The number of amidine groups is 1. The zero-order chi connectivity index (χ0) is 13.7. The molecule has 19 heavy (non-hydrogen) atoms. The van der Waals surface area contributed by atoms with Crippen LogP contribution in [0.1, 0.15) is 38.2 Å². The fourth-order valence-corrected chi connectivity index (χ4v) is 5.00. The molecule has 1 heterocycles. The number of halogens is 2. The van der Waals surface area contributed by atoms with Crippen molar-refractivity contribution in [1.82, 2.24) is 0 Å². The van der Waals surface area contributed by atoms with Crippen molar-refractivity contribution in [2.75, 3.05) is 0 Å². The maximum atomic E-state index is 14.2. The first-order chi connectivity index (χ1) is 8.92. The second kappa shape index (κ2) is 4.48. The maximum absolute atomic E-state index is 14.2. The Morgan fingerprint density at radius 2 is 2.16 bits per heavy atom. The van der Waals surface area contributed by atoms with E-state index in [1.54, 1.807) is 17.8 Å². The standard InChI is InChI=1S/C14H16BrFN2S/c1-13(10-7-9(15)3-4-11(10)16)8-14(5-2-6-14)19-12(17)18-13/h3-4,7H,2,5-6,8H2,1H3,(H2,17,18)/t13-/m1/s1. The summed E-state index contributed by atoms with van der Waals surface area (Å²) in [5.41, 5.74) is 6.08. The molecule has 1 aliphatic carbocycles. The van der Waals surface area contributed by atoms with Crippen LogP contribution in [0.3, 0.4) is 0 Å². The lowest BCUT2D eigenvalue weighted by Gasteiger charge is -2.48. The molecule has 0 saturated heterocycles. The van der Waals surface area contributed by atoms with Crippen LogP contribution in [0.5, 0.6) is 0 Å². The van der Waals surface area contributed by atoms with Crippen molar-refractivity contribution in [2.45, 2.75) is 42.9 Å². The third kappa shape index (κ3) is 2.31. The van der Waals surface area contributed by atoms with E-state index < -0.39 is 5.54 Å². The molecule has 1 saturated carbocycles. The summed E-state index contributed by atoms with van der Waals surface area (Å²) in [6.07, 6.45) is 4.40. The smallest absolute Gasteiger partial charge is 0.155 e. The normalized spacial score (nSPS) is 28.9. The van der Waals surface area contributed by atoms with Gasteiger partial charge < -0.3 is 5.73 Å². The molecule has 1 aromatic carbocycles. The van der Waals surface area contributed by atoms with Gasteiger partial charge in [0.2, 0.25) is 0 Å². The molecule has 0 unspecified atom stereocenters. The van der Waals surface area contributed by atoms with Gasteiger partial charge in [-0.25, -0.2) is 4.39 Å². The molecule has 1 atom stereocenters. The molecule has 1 aliphatic heterocycles. The van der Waals surface area contributed by atoms with Crippen molar-refractivity contribution in [3.63, 3.8) is 0 Å². The largest absolute Gasteiger partial charge is 0.378 e. The number of benzene rings is 1. The van der Waals surface area contributed by atoms with Crippen molar-refractivity contribution in [1.29, 1.82) is 0 Å². The number of nitrogens with two attached hydrogens (primary N) is 1. The molecule has 3 rings (SSSR count). The molecule has 0 amide bonds. The van der Waals surface area contributed by atoms with Gasteiger partial charge in [0.25, 0.3) is 0 Å². The molecule has 0 bridgehead atoms. The van der Waals surface area contributed by atoms with Crippen LogP contribution in [-0.2, 0) is 5.54 Å². The Morgan fingerprint density at radius 3 is 2.79 bits per heavy atom. The second-order valence-electron chi connectivity index (χ2n) is 5.66. The van der Waals surface area contributed by atoms with E-state index >= 15 is 0 Å². The first kappa shape index (κ1) is 13.4. The summed E-state index contributed by atoms with van der Waals surface area (Å²) in [7, 11) is 0. The van der Waals surface area contributed by atoms with E-state index in [4.69, 9.17) is 5.73 Å². The summed E-state index contributed by atoms with van der Waals surface area (Å²) in [4.78, 5) is 4.56. The van der Waals surface area contributed by atoms with Gasteiger partial charge in [-0.3, -0.25) is 4.99 Å². The summed E-state index contributed by atoms with van der Waals surface area (Å²) in [6.45, 7) is 1.99. The highest BCUT2D eigenvalue weighted by atomic mass is 79.9. The molecule has 102 valence electrons. The second-order valence-corrected chi connectivity index (χ2v) is 8.07. The molecule has 1 spiro atoms. The third-order valence-corrected chi connectivity index (χ3v) is 5.90. The van der Waals surface area contributed by atoms with E-state index in [0.717, 1.165) is 23.7 Å². The fourth-order valence-electron chi connectivity index (χ4n) is 3.11. The first-order valence-corrected chi connectivity index (χ1v) is 8.03. The van der Waals surface area contributed by atoms with Gasteiger partial charge >= 0.3 is 0 Å². The number of nitrogens with zero attached hydrogens (tertiary/aromatic N) is 1. The van der Waals surface area contributed by atoms with E-state index in [1.165, 1.54) is 12.5 Å². The van der Waals surface area contributed by atoms with Crippen molar-refractivity contribution in [3.8, 4) is 0 Å². The molecule has 2 N–H and O–H groups in total.